The Morgan fingerprint density at radius 1 is 1.25 bits per heavy atom. The number of piperidine rings is 1. The van der Waals surface area contributed by atoms with Gasteiger partial charge in [-0.05, 0) is 46.2 Å². The van der Waals surface area contributed by atoms with E-state index >= 15 is 0 Å². The summed E-state index contributed by atoms with van der Waals surface area (Å²) in [5, 5.41) is 9.25. The van der Waals surface area contributed by atoms with Gasteiger partial charge in [-0.15, -0.1) is 0 Å². The smallest absolute Gasteiger partial charge is 0.337 e. The molecule has 1 heterocycles. The number of anilines is 1. The summed E-state index contributed by atoms with van der Waals surface area (Å²) >= 11 is 2.00. The molecule has 1 aliphatic carbocycles. The molecule has 0 spiro atoms. The predicted molar refractivity (Wildman–Crippen MR) is 79.4 cm³/mol. The lowest BCUT2D eigenvalue weighted by Gasteiger charge is -2.22. The monoisotopic (exact) mass is 385 g/mol. The summed E-state index contributed by atoms with van der Waals surface area (Å²) in [6.07, 6.45) is 0. The van der Waals surface area contributed by atoms with Crippen LogP contribution in [0.25, 0.3) is 0 Å². The highest BCUT2D eigenvalue weighted by Gasteiger charge is 2.72. The number of aromatic carboxylic acids is 1. The zero-order valence-corrected chi connectivity index (χ0v) is 13.0. The largest absolute Gasteiger partial charge is 0.478 e. The first-order valence-electron chi connectivity index (χ1n) is 6.17. The fraction of sp³-hybridized carbons (Fsp3) is 0.357. The molecule has 2 fully saturated rings. The van der Waals surface area contributed by atoms with Crippen molar-refractivity contribution in [2.24, 2.45) is 17.3 Å². The number of fused-ring (bicyclic) bond motifs is 1. The first-order valence-corrected chi connectivity index (χ1v) is 7.25. The second-order valence-electron chi connectivity index (χ2n) is 5.76. The average Bonchev–Trinajstić information content (AvgIpc) is 2.81. The van der Waals surface area contributed by atoms with Gasteiger partial charge in [0.05, 0.1) is 23.1 Å². The van der Waals surface area contributed by atoms with E-state index in [0.717, 1.165) is 8.47 Å². The third-order valence-electron chi connectivity index (χ3n) is 4.23. The van der Waals surface area contributed by atoms with Gasteiger partial charge in [0.15, 0.2) is 0 Å². The van der Waals surface area contributed by atoms with Gasteiger partial charge in [-0.25, -0.2) is 9.69 Å². The van der Waals surface area contributed by atoms with E-state index < -0.39 is 5.97 Å². The van der Waals surface area contributed by atoms with Crippen LogP contribution in [0.2, 0.25) is 0 Å². The number of nitrogens with zero attached hydrogens (tertiary/aromatic N) is 1. The quantitative estimate of drug-likeness (QED) is 0.626. The van der Waals surface area contributed by atoms with Gasteiger partial charge in [0, 0.05) is 3.57 Å². The molecule has 1 aliphatic heterocycles. The van der Waals surface area contributed by atoms with Gasteiger partial charge in [0.1, 0.15) is 0 Å². The Morgan fingerprint density at radius 3 is 2.30 bits per heavy atom. The maximum Gasteiger partial charge on any atom is 0.337 e. The summed E-state index contributed by atoms with van der Waals surface area (Å²) in [6.45, 7) is 3.78. The number of carboxylic acids is 1. The molecule has 2 aliphatic rings. The second kappa shape index (κ2) is 4.03. The van der Waals surface area contributed by atoms with Gasteiger partial charge in [-0.1, -0.05) is 13.8 Å². The van der Waals surface area contributed by atoms with Crippen molar-refractivity contribution in [3.63, 3.8) is 0 Å². The molecule has 0 aromatic heterocycles. The van der Waals surface area contributed by atoms with Crippen LogP contribution in [0.5, 0.6) is 0 Å². The molecule has 3 rings (SSSR count). The number of benzene rings is 1. The van der Waals surface area contributed by atoms with Gasteiger partial charge in [0.25, 0.3) is 0 Å². The van der Waals surface area contributed by atoms with E-state index in [0.29, 0.717) is 0 Å². The van der Waals surface area contributed by atoms with Crippen molar-refractivity contribution in [1.29, 1.82) is 0 Å². The lowest BCUT2D eigenvalue weighted by molar-refractivity contribution is -0.125. The van der Waals surface area contributed by atoms with Gasteiger partial charge in [0.2, 0.25) is 11.8 Å². The number of amides is 2. The topological polar surface area (TPSA) is 74.7 Å². The first-order chi connectivity index (χ1) is 9.26. The molecule has 2 unspecified atom stereocenters. The third kappa shape index (κ3) is 1.63. The van der Waals surface area contributed by atoms with E-state index in [1.54, 1.807) is 6.07 Å². The SMILES string of the molecule is CC1(C)C2C(=O)N(c3ccc(I)cc3C(=O)O)C(=O)C21. The minimum Gasteiger partial charge on any atom is -0.478 e. The standard InChI is InChI=1S/C14H12INO4/c1-14(2)9-10(14)12(18)16(11(9)17)8-4-3-6(15)5-7(8)13(19)20/h3-5,9-10H,1-2H3,(H,19,20). The van der Waals surface area contributed by atoms with Crippen LogP contribution in [-0.4, -0.2) is 22.9 Å². The van der Waals surface area contributed by atoms with Crippen molar-refractivity contribution in [1.82, 2.24) is 0 Å². The van der Waals surface area contributed by atoms with Crippen LogP contribution in [0.1, 0.15) is 24.2 Å². The maximum absolute atomic E-state index is 12.3. The summed E-state index contributed by atoms with van der Waals surface area (Å²) in [4.78, 5) is 37.0. The first kappa shape index (κ1) is 13.5. The van der Waals surface area contributed by atoms with E-state index in [1.165, 1.54) is 12.1 Å². The number of carboxylic acid groups (broad SMARTS) is 1. The third-order valence-corrected chi connectivity index (χ3v) is 4.90. The van der Waals surface area contributed by atoms with Crippen molar-refractivity contribution in [2.45, 2.75) is 13.8 Å². The number of halogens is 1. The zero-order valence-electron chi connectivity index (χ0n) is 10.9. The van der Waals surface area contributed by atoms with Crippen LogP contribution in [0, 0.1) is 20.8 Å². The summed E-state index contributed by atoms with van der Waals surface area (Å²) in [5.74, 6) is -2.33. The highest BCUT2D eigenvalue weighted by Crippen LogP contribution is 2.63. The van der Waals surface area contributed by atoms with Gasteiger partial charge >= 0.3 is 5.97 Å². The van der Waals surface area contributed by atoms with Crippen molar-refractivity contribution in [3.05, 3.63) is 27.3 Å². The molecule has 2 amide bonds. The number of imide groups is 1. The van der Waals surface area contributed by atoms with E-state index in [9.17, 15) is 19.5 Å². The van der Waals surface area contributed by atoms with Gasteiger partial charge in [-0.2, -0.15) is 0 Å². The lowest BCUT2D eigenvalue weighted by atomic mass is 10.0. The van der Waals surface area contributed by atoms with E-state index in [-0.39, 0.29) is 40.3 Å². The Labute approximate surface area is 129 Å². The zero-order chi connectivity index (χ0) is 14.8. The Kier molecular flexibility index (Phi) is 2.73. The Hall–Kier alpha value is -1.44. The number of carbonyl (C=O) groups is 3. The predicted octanol–water partition coefficient (Wildman–Crippen LogP) is 2.13. The van der Waals surface area contributed by atoms with Gasteiger partial charge in [-0.3, -0.25) is 9.59 Å². The number of carbonyl (C=O) groups excluding carboxylic acids is 2. The normalized spacial score (nSPS) is 26.6. The van der Waals surface area contributed by atoms with Crippen LogP contribution < -0.4 is 4.90 Å². The maximum atomic E-state index is 12.3. The molecule has 104 valence electrons. The number of hydrogen-bond acceptors (Lipinski definition) is 3. The Balaban J connectivity index is 2.06. The van der Waals surface area contributed by atoms with Crippen LogP contribution >= 0.6 is 22.6 Å². The minimum atomic E-state index is -1.14. The van der Waals surface area contributed by atoms with Crippen molar-refractivity contribution >= 4 is 46.1 Å². The Bertz CT molecular complexity index is 643. The van der Waals surface area contributed by atoms with Crippen LogP contribution in [0.15, 0.2) is 18.2 Å². The number of hydrogen-bond donors (Lipinski definition) is 1. The van der Waals surface area contributed by atoms with Crippen LogP contribution in [0.4, 0.5) is 5.69 Å². The molecule has 0 radical (unpaired) electrons. The van der Waals surface area contributed by atoms with Gasteiger partial charge < -0.3 is 5.11 Å². The fourth-order valence-electron chi connectivity index (χ4n) is 3.06. The summed E-state index contributed by atoms with van der Waals surface area (Å²) in [6, 6.07) is 4.69. The molecule has 6 heteroatoms. The summed E-state index contributed by atoms with van der Waals surface area (Å²) in [7, 11) is 0. The highest BCUT2D eigenvalue weighted by atomic mass is 127. The molecule has 5 nitrogen and oxygen atoms in total. The molecule has 1 saturated heterocycles. The number of rotatable bonds is 2. The van der Waals surface area contributed by atoms with E-state index in [1.807, 2.05) is 36.4 Å². The van der Waals surface area contributed by atoms with Crippen LogP contribution in [-0.2, 0) is 9.59 Å². The highest BCUT2D eigenvalue weighted by molar-refractivity contribution is 14.1. The molecule has 1 aromatic carbocycles. The molecular formula is C14H12INO4. The summed E-state index contributed by atoms with van der Waals surface area (Å²) < 4.78 is 0.744. The van der Waals surface area contributed by atoms with E-state index in [2.05, 4.69) is 0 Å². The molecular weight excluding hydrogens is 373 g/mol. The lowest BCUT2D eigenvalue weighted by Crippen LogP contribution is -2.37. The van der Waals surface area contributed by atoms with Crippen molar-refractivity contribution < 1.29 is 19.5 Å². The fourth-order valence-corrected chi connectivity index (χ4v) is 3.55. The Morgan fingerprint density at radius 2 is 1.80 bits per heavy atom. The minimum absolute atomic E-state index is 0.0160. The molecule has 0 bridgehead atoms. The molecule has 20 heavy (non-hydrogen) atoms. The molecule has 1 aromatic rings. The van der Waals surface area contributed by atoms with Crippen LogP contribution in [0.3, 0.4) is 0 Å². The second-order valence-corrected chi connectivity index (χ2v) is 7.00. The average molecular weight is 385 g/mol. The summed E-state index contributed by atoms with van der Waals surface area (Å²) in [5.41, 5.74) is -0.134. The molecule has 1 saturated carbocycles. The molecule has 1 N–H and O–H groups in total. The molecule has 2 atom stereocenters. The van der Waals surface area contributed by atoms with Crippen molar-refractivity contribution in [2.75, 3.05) is 4.90 Å². The van der Waals surface area contributed by atoms with Crippen molar-refractivity contribution in [3.8, 4) is 0 Å². The van der Waals surface area contributed by atoms with E-state index in [4.69, 9.17) is 0 Å².